The van der Waals surface area contributed by atoms with Crippen molar-refractivity contribution in [1.82, 2.24) is 15.2 Å². The van der Waals surface area contributed by atoms with Crippen LogP contribution in [-0.4, -0.2) is 34.1 Å². The molecule has 0 saturated carbocycles. The number of carbonyl (C=O) groups excluding carboxylic acids is 1. The first-order valence-electron chi connectivity index (χ1n) is 8.03. The number of hydrazone groups is 1. The van der Waals surface area contributed by atoms with Gasteiger partial charge >= 0.3 is 0 Å². The van der Waals surface area contributed by atoms with E-state index in [-0.39, 0.29) is 11.4 Å². The van der Waals surface area contributed by atoms with Gasteiger partial charge in [0.05, 0.1) is 19.9 Å². The monoisotopic (exact) mass is 428 g/mol. The molecule has 0 unspecified atom stereocenters. The lowest BCUT2D eigenvalue weighted by molar-refractivity contribution is 0.0949. The molecule has 0 saturated heterocycles. The molecule has 8 heteroatoms. The van der Waals surface area contributed by atoms with E-state index in [0.29, 0.717) is 17.9 Å². The Morgan fingerprint density at radius 1 is 1.30 bits per heavy atom. The second-order valence-electron chi connectivity index (χ2n) is 5.65. The van der Waals surface area contributed by atoms with Crippen molar-refractivity contribution in [2.75, 3.05) is 7.11 Å². The number of phenolic OH excluding ortho intramolecular Hbond substituents is 1. The Morgan fingerprint density at radius 3 is 2.81 bits per heavy atom. The minimum absolute atomic E-state index is 0.0348. The number of hydrogen-bond acceptors (Lipinski definition) is 5. The van der Waals surface area contributed by atoms with Crippen LogP contribution in [0.15, 0.2) is 64.3 Å². The lowest BCUT2D eigenvalue weighted by atomic mass is 10.2. The number of aromatic nitrogens is 2. The van der Waals surface area contributed by atoms with Crippen molar-refractivity contribution in [3.63, 3.8) is 0 Å². The third kappa shape index (κ3) is 4.95. The number of ether oxygens (including phenoxy) is 1. The summed E-state index contributed by atoms with van der Waals surface area (Å²) in [6.45, 7) is 0.557. The van der Waals surface area contributed by atoms with Crippen LogP contribution in [0.25, 0.3) is 0 Å². The first-order valence-corrected chi connectivity index (χ1v) is 8.83. The van der Waals surface area contributed by atoms with E-state index in [4.69, 9.17) is 4.74 Å². The molecular weight excluding hydrogens is 412 g/mol. The second-order valence-corrected chi connectivity index (χ2v) is 6.56. The molecule has 1 amide bonds. The zero-order chi connectivity index (χ0) is 19.2. The van der Waals surface area contributed by atoms with Gasteiger partial charge in [-0.05, 0) is 42.0 Å². The predicted octanol–water partition coefficient (Wildman–Crippen LogP) is 3.17. The molecule has 3 rings (SSSR count). The number of methoxy groups -OCH3 is 1. The molecule has 0 spiro atoms. The van der Waals surface area contributed by atoms with Crippen LogP contribution >= 0.6 is 15.9 Å². The summed E-state index contributed by atoms with van der Waals surface area (Å²) in [5, 5.41) is 17.9. The third-order valence-corrected chi connectivity index (χ3v) is 4.26. The fourth-order valence-corrected chi connectivity index (χ4v) is 2.59. The lowest BCUT2D eigenvalue weighted by Crippen LogP contribution is -2.18. The van der Waals surface area contributed by atoms with Gasteiger partial charge in [0, 0.05) is 16.2 Å². The van der Waals surface area contributed by atoms with Crippen LogP contribution in [0.3, 0.4) is 0 Å². The molecule has 27 heavy (non-hydrogen) atoms. The molecule has 0 aliphatic carbocycles. The summed E-state index contributed by atoms with van der Waals surface area (Å²) in [6.07, 6.45) is 3.07. The molecule has 0 aliphatic rings. The average molecular weight is 429 g/mol. The summed E-state index contributed by atoms with van der Waals surface area (Å²) in [5.41, 5.74) is 4.14. The molecule has 3 aromatic rings. The average Bonchev–Trinajstić information content (AvgIpc) is 3.13. The summed E-state index contributed by atoms with van der Waals surface area (Å²) in [6, 6.07) is 14.2. The zero-order valence-corrected chi connectivity index (χ0v) is 16.0. The van der Waals surface area contributed by atoms with Gasteiger partial charge in [0.2, 0.25) is 0 Å². The minimum atomic E-state index is -0.441. The molecular formula is C19H17BrN4O3. The second kappa shape index (κ2) is 8.50. The van der Waals surface area contributed by atoms with E-state index in [2.05, 4.69) is 31.6 Å². The van der Waals surface area contributed by atoms with Crippen molar-refractivity contribution in [1.29, 1.82) is 0 Å². The van der Waals surface area contributed by atoms with Crippen molar-refractivity contribution in [2.24, 2.45) is 5.10 Å². The van der Waals surface area contributed by atoms with Crippen LogP contribution in [0, 0.1) is 0 Å². The molecule has 0 fully saturated rings. The smallest absolute Gasteiger partial charge is 0.291 e. The number of phenols is 1. The van der Waals surface area contributed by atoms with E-state index in [1.807, 2.05) is 24.3 Å². The highest BCUT2D eigenvalue weighted by Crippen LogP contribution is 2.21. The molecule has 0 radical (unpaired) electrons. The number of halogens is 1. The number of carbonyl (C=O) groups is 1. The Hall–Kier alpha value is -3.13. The number of hydrogen-bond donors (Lipinski definition) is 2. The molecule has 1 aromatic heterocycles. The normalized spacial score (nSPS) is 10.9. The maximum absolute atomic E-state index is 12.2. The molecule has 138 valence electrons. The summed E-state index contributed by atoms with van der Waals surface area (Å²) in [7, 11) is 1.53. The maximum Gasteiger partial charge on any atom is 0.291 e. The van der Waals surface area contributed by atoms with Crippen LogP contribution in [0.5, 0.6) is 11.5 Å². The lowest BCUT2D eigenvalue weighted by Gasteiger charge is -2.03. The summed E-state index contributed by atoms with van der Waals surface area (Å²) >= 11 is 3.40. The van der Waals surface area contributed by atoms with E-state index >= 15 is 0 Å². The summed E-state index contributed by atoms with van der Waals surface area (Å²) in [5.74, 6) is 0.169. The largest absolute Gasteiger partial charge is 0.507 e. The van der Waals surface area contributed by atoms with E-state index < -0.39 is 5.91 Å². The van der Waals surface area contributed by atoms with E-state index in [9.17, 15) is 9.90 Å². The Kier molecular flexibility index (Phi) is 5.87. The molecule has 2 N–H and O–H groups in total. The van der Waals surface area contributed by atoms with E-state index in [1.54, 1.807) is 29.1 Å². The Morgan fingerprint density at radius 2 is 2.07 bits per heavy atom. The zero-order valence-electron chi connectivity index (χ0n) is 14.5. The third-order valence-electron chi connectivity index (χ3n) is 3.74. The molecule has 2 aromatic carbocycles. The Balaban J connectivity index is 1.62. The highest BCUT2D eigenvalue weighted by Gasteiger charge is 2.09. The van der Waals surface area contributed by atoms with Crippen molar-refractivity contribution < 1.29 is 14.6 Å². The van der Waals surface area contributed by atoms with Gasteiger partial charge in [-0.3, -0.25) is 9.48 Å². The van der Waals surface area contributed by atoms with Crippen molar-refractivity contribution >= 4 is 28.1 Å². The van der Waals surface area contributed by atoms with Crippen LogP contribution in [-0.2, 0) is 6.54 Å². The van der Waals surface area contributed by atoms with Gasteiger partial charge in [-0.1, -0.05) is 28.1 Å². The number of amides is 1. The van der Waals surface area contributed by atoms with Gasteiger partial charge < -0.3 is 9.84 Å². The topological polar surface area (TPSA) is 88.7 Å². The molecule has 7 nitrogen and oxygen atoms in total. The van der Waals surface area contributed by atoms with E-state index in [1.165, 1.54) is 19.4 Å². The first kappa shape index (κ1) is 18.7. The van der Waals surface area contributed by atoms with Crippen molar-refractivity contribution in [2.45, 2.75) is 6.54 Å². The van der Waals surface area contributed by atoms with Gasteiger partial charge in [0.1, 0.15) is 11.5 Å². The van der Waals surface area contributed by atoms with Crippen molar-refractivity contribution in [3.05, 3.63) is 76.0 Å². The quantitative estimate of drug-likeness (QED) is 0.466. The predicted molar refractivity (Wildman–Crippen MR) is 105 cm³/mol. The standard InChI is InChI=1S/C19H17BrN4O3/c1-27-16-6-7-18(25)14(10-16)11-21-22-19(26)17-8-9-24(23-17)12-13-2-4-15(20)5-3-13/h2-11,25H,12H2,1H3,(H,22,26)/b21-11-. The van der Waals surface area contributed by atoms with Gasteiger partial charge in [-0.25, -0.2) is 5.43 Å². The number of benzene rings is 2. The van der Waals surface area contributed by atoms with Gasteiger partial charge in [-0.2, -0.15) is 10.2 Å². The number of rotatable bonds is 6. The van der Waals surface area contributed by atoms with Crippen LogP contribution in [0.1, 0.15) is 21.6 Å². The summed E-state index contributed by atoms with van der Waals surface area (Å²) in [4.78, 5) is 12.2. The SMILES string of the molecule is COc1ccc(O)c(/C=N\NC(=O)c2ccn(Cc3ccc(Br)cc3)n2)c1. The maximum atomic E-state index is 12.2. The van der Waals surface area contributed by atoms with Gasteiger partial charge in [0.25, 0.3) is 5.91 Å². The van der Waals surface area contributed by atoms with Crippen LogP contribution < -0.4 is 10.2 Å². The molecule has 0 aliphatic heterocycles. The first-order chi connectivity index (χ1) is 13.0. The fraction of sp³-hybridized carbons (Fsp3) is 0.105. The van der Waals surface area contributed by atoms with Gasteiger partial charge in [-0.15, -0.1) is 0 Å². The van der Waals surface area contributed by atoms with Crippen LogP contribution in [0.4, 0.5) is 0 Å². The fourth-order valence-electron chi connectivity index (χ4n) is 2.33. The molecule has 0 atom stereocenters. The minimum Gasteiger partial charge on any atom is -0.507 e. The Labute approximate surface area is 164 Å². The number of nitrogens with one attached hydrogen (secondary N) is 1. The Bertz CT molecular complexity index is 967. The van der Waals surface area contributed by atoms with Gasteiger partial charge in [0.15, 0.2) is 5.69 Å². The van der Waals surface area contributed by atoms with Crippen LogP contribution in [0.2, 0.25) is 0 Å². The molecule has 0 bridgehead atoms. The highest BCUT2D eigenvalue weighted by molar-refractivity contribution is 9.10. The number of nitrogens with zero attached hydrogens (tertiary/aromatic N) is 3. The molecule has 1 heterocycles. The van der Waals surface area contributed by atoms with Crippen molar-refractivity contribution in [3.8, 4) is 11.5 Å². The summed E-state index contributed by atoms with van der Waals surface area (Å²) < 4.78 is 7.77. The number of aromatic hydroxyl groups is 1. The highest BCUT2D eigenvalue weighted by atomic mass is 79.9. The van der Waals surface area contributed by atoms with E-state index in [0.717, 1.165) is 10.0 Å².